The summed E-state index contributed by atoms with van der Waals surface area (Å²) in [5.74, 6) is -0.883. The van der Waals surface area contributed by atoms with Crippen LogP contribution in [0.5, 0.6) is 5.75 Å². The molecular weight excluding hydrogens is 340 g/mol. The van der Waals surface area contributed by atoms with Crippen molar-refractivity contribution in [3.63, 3.8) is 0 Å². The van der Waals surface area contributed by atoms with E-state index in [-0.39, 0.29) is 5.75 Å². The lowest BCUT2D eigenvalue weighted by molar-refractivity contribution is 0.159. The van der Waals surface area contributed by atoms with Gasteiger partial charge in [-0.2, -0.15) is 0 Å². The van der Waals surface area contributed by atoms with E-state index in [0.717, 1.165) is 0 Å². The summed E-state index contributed by atoms with van der Waals surface area (Å²) >= 11 is 3.26. The SMILES string of the molecule is CCC(N)C(Oc1cc(Br)ccc1F)c1ccccc1F. The Balaban J connectivity index is 2.38. The molecule has 2 aromatic carbocycles. The number of hydrogen-bond donors (Lipinski definition) is 1. The van der Waals surface area contributed by atoms with Crippen LogP contribution in [-0.4, -0.2) is 6.04 Å². The molecule has 0 saturated heterocycles. The first-order valence-corrected chi connectivity index (χ1v) is 7.44. The molecule has 0 amide bonds. The first kappa shape index (κ1) is 15.9. The average Bonchev–Trinajstić information content (AvgIpc) is 2.48. The molecule has 0 spiro atoms. The van der Waals surface area contributed by atoms with E-state index >= 15 is 0 Å². The highest BCUT2D eigenvalue weighted by Gasteiger charge is 2.24. The maximum Gasteiger partial charge on any atom is 0.165 e. The molecule has 0 aliphatic carbocycles. The van der Waals surface area contributed by atoms with Crippen molar-refractivity contribution in [2.75, 3.05) is 0 Å². The molecular formula is C16H16BrF2NO. The zero-order valence-corrected chi connectivity index (χ0v) is 13.1. The summed E-state index contributed by atoms with van der Waals surface area (Å²) in [4.78, 5) is 0. The highest BCUT2D eigenvalue weighted by atomic mass is 79.9. The molecule has 2 unspecified atom stereocenters. The zero-order valence-electron chi connectivity index (χ0n) is 11.5. The van der Waals surface area contributed by atoms with Crippen molar-refractivity contribution >= 4 is 15.9 Å². The Labute approximate surface area is 131 Å². The molecule has 0 fully saturated rings. The number of ether oxygens (including phenoxy) is 1. The van der Waals surface area contributed by atoms with Gasteiger partial charge in [-0.05, 0) is 30.7 Å². The molecule has 0 heterocycles. The van der Waals surface area contributed by atoms with E-state index in [9.17, 15) is 8.78 Å². The van der Waals surface area contributed by atoms with Crippen LogP contribution in [-0.2, 0) is 0 Å². The van der Waals surface area contributed by atoms with E-state index in [1.807, 2.05) is 6.92 Å². The maximum atomic E-state index is 14.0. The van der Waals surface area contributed by atoms with Gasteiger partial charge in [-0.3, -0.25) is 0 Å². The summed E-state index contributed by atoms with van der Waals surface area (Å²) < 4.78 is 34.2. The second-order valence-electron chi connectivity index (χ2n) is 4.71. The highest BCUT2D eigenvalue weighted by molar-refractivity contribution is 9.10. The normalized spacial score (nSPS) is 13.8. The molecule has 2 nitrogen and oxygen atoms in total. The molecule has 0 bridgehead atoms. The third kappa shape index (κ3) is 3.80. The van der Waals surface area contributed by atoms with Crippen LogP contribution in [0.2, 0.25) is 0 Å². The van der Waals surface area contributed by atoms with Gasteiger partial charge in [0.05, 0.1) is 0 Å². The molecule has 0 aromatic heterocycles. The van der Waals surface area contributed by atoms with Crippen LogP contribution in [0.25, 0.3) is 0 Å². The smallest absolute Gasteiger partial charge is 0.165 e. The minimum atomic E-state index is -0.750. The van der Waals surface area contributed by atoms with Gasteiger partial charge in [0.25, 0.3) is 0 Å². The Morgan fingerprint density at radius 2 is 1.86 bits per heavy atom. The number of nitrogens with two attached hydrogens (primary N) is 1. The van der Waals surface area contributed by atoms with E-state index in [4.69, 9.17) is 10.5 Å². The largest absolute Gasteiger partial charge is 0.481 e. The van der Waals surface area contributed by atoms with Crippen LogP contribution in [0.1, 0.15) is 25.0 Å². The topological polar surface area (TPSA) is 35.2 Å². The molecule has 2 N–H and O–H groups in total. The fourth-order valence-electron chi connectivity index (χ4n) is 2.01. The second-order valence-corrected chi connectivity index (χ2v) is 5.62. The lowest BCUT2D eigenvalue weighted by Gasteiger charge is -2.25. The van der Waals surface area contributed by atoms with Crippen LogP contribution in [0.15, 0.2) is 46.9 Å². The summed E-state index contributed by atoms with van der Waals surface area (Å²) in [7, 11) is 0. The van der Waals surface area contributed by atoms with E-state index in [1.54, 1.807) is 24.3 Å². The van der Waals surface area contributed by atoms with Crippen molar-refractivity contribution in [2.24, 2.45) is 5.73 Å². The van der Waals surface area contributed by atoms with Gasteiger partial charge in [0.15, 0.2) is 11.6 Å². The van der Waals surface area contributed by atoms with Gasteiger partial charge in [0.1, 0.15) is 11.9 Å². The minimum Gasteiger partial charge on any atom is -0.481 e. The maximum absolute atomic E-state index is 14.0. The Kier molecular flexibility index (Phi) is 5.31. The number of rotatable bonds is 5. The van der Waals surface area contributed by atoms with Crippen molar-refractivity contribution in [3.8, 4) is 5.75 Å². The minimum absolute atomic E-state index is 0.0431. The fraction of sp³-hybridized carbons (Fsp3) is 0.250. The first-order chi connectivity index (χ1) is 10.0. The Hall–Kier alpha value is -1.46. The van der Waals surface area contributed by atoms with Crippen molar-refractivity contribution < 1.29 is 13.5 Å². The fourth-order valence-corrected chi connectivity index (χ4v) is 2.35. The third-order valence-corrected chi connectivity index (χ3v) is 3.71. The van der Waals surface area contributed by atoms with Crippen molar-refractivity contribution in [3.05, 3.63) is 64.1 Å². The van der Waals surface area contributed by atoms with E-state index in [0.29, 0.717) is 16.5 Å². The predicted molar refractivity (Wildman–Crippen MR) is 82.1 cm³/mol. The Morgan fingerprint density at radius 1 is 1.14 bits per heavy atom. The van der Waals surface area contributed by atoms with Crippen LogP contribution in [0, 0.1) is 11.6 Å². The van der Waals surface area contributed by atoms with Gasteiger partial charge in [-0.15, -0.1) is 0 Å². The monoisotopic (exact) mass is 355 g/mol. The molecule has 112 valence electrons. The number of hydrogen-bond acceptors (Lipinski definition) is 2. The summed E-state index contributed by atoms with van der Waals surface area (Å²) in [6, 6.07) is 10.2. The molecule has 5 heteroatoms. The molecule has 0 radical (unpaired) electrons. The second kappa shape index (κ2) is 7.00. The standard InChI is InChI=1S/C16H16BrF2NO/c1-2-14(20)16(11-5-3-4-6-12(11)18)21-15-9-10(17)7-8-13(15)19/h3-9,14,16H,2,20H2,1H3. The van der Waals surface area contributed by atoms with Gasteiger partial charge in [0.2, 0.25) is 0 Å². The van der Waals surface area contributed by atoms with E-state index in [2.05, 4.69) is 15.9 Å². The van der Waals surface area contributed by atoms with Crippen LogP contribution in [0.4, 0.5) is 8.78 Å². The molecule has 0 saturated carbocycles. The van der Waals surface area contributed by atoms with Gasteiger partial charge in [-0.25, -0.2) is 8.78 Å². The zero-order chi connectivity index (χ0) is 15.4. The molecule has 2 atom stereocenters. The summed E-state index contributed by atoms with van der Waals surface area (Å²) in [5, 5.41) is 0. The van der Waals surface area contributed by atoms with Crippen LogP contribution in [0.3, 0.4) is 0 Å². The molecule has 2 rings (SSSR count). The van der Waals surface area contributed by atoms with Crippen molar-refractivity contribution in [1.29, 1.82) is 0 Å². The molecule has 2 aromatic rings. The van der Waals surface area contributed by atoms with E-state index in [1.165, 1.54) is 18.2 Å². The first-order valence-electron chi connectivity index (χ1n) is 6.64. The van der Waals surface area contributed by atoms with Gasteiger partial charge >= 0.3 is 0 Å². The lowest BCUT2D eigenvalue weighted by atomic mass is 10.00. The third-order valence-electron chi connectivity index (χ3n) is 3.22. The van der Waals surface area contributed by atoms with Gasteiger partial charge in [-0.1, -0.05) is 41.1 Å². The number of halogens is 3. The highest BCUT2D eigenvalue weighted by Crippen LogP contribution is 2.30. The van der Waals surface area contributed by atoms with Crippen molar-refractivity contribution in [2.45, 2.75) is 25.5 Å². The lowest BCUT2D eigenvalue weighted by Crippen LogP contribution is -2.32. The summed E-state index contributed by atoms with van der Waals surface area (Å²) in [6.45, 7) is 1.87. The van der Waals surface area contributed by atoms with Gasteiger partial charge in [0, 0.05) is 16.1 Å². The summed E-state index contributed by atoms with van der Waals surface area (Å²) in [5.41, 5.74) is 6.35. The quantitative estimate of drug-likeness (QED) is 0.851. The van der Waals surface area contributed by atoms with Crippen molar-refractivity contribution in [1.82, 2.24) is 0 Å². The van der Waals surface area contributed by atoms with Crippen LogP contribution >= 0.6 is 15.9 Å². The van der Waals surface area contributed by atoms with E-state index < -0.39 is 23.8 Å². The molecule has 0 aliphatic rings. The Morgan fingerprint density at radius 3 is 2.52 bits per heavy atom. The molecule has 0 aliphatic heterocycles. The van der Waals surface area contributed by atoms with Crippen LogP contribution < -0.4 is 10.5 Å². The number of benzene rings is 2. The summed E-state index contributed by atoms with van der Waals surface area (Å²) in [6.07, 6.45) is -0.172. The predicted octanol–water partition coefficient (Wildman–Crippen LogP) is 4.58. The van der Waals surface area contributed by atoms with Gasteiger partial charge < -0.3 is 10.5 Å². The molecule has 21 heavy (non-hydrogen) atoms. The average molecular weight is 356 g/mol. The Bertz CT molecular complexity index is 621.